The Hall–Kier alpha value is -0.900. The van der Waals surface area contributed by atoms with Crippen LogP contribution in [0.4, 0.5) is 10.3 Å². The molecule has 1 heterocycles. The Bertz CT molecular complexity index is 338. The van der Waals surface area contributed by atoms with E-state index in [4.69, 9.17) is 17.3 Å². The lowest BCUT2D eigenvalue weighted by atomic mass is 9.82. The summed E-state index contributed by atoms with van der Waals surface area (Å²) >= 11 is 5.54. The van der Waals surface area contributed by atoms with Crippen LogP contribution in [0.2, 0.25) is 5.15 Å². The van der Waals surface area contributed by atoms with Gasteiger partial charge in [0.05, 0.1) is 5.69 Å². The van der Waals surface area contributed by atoms with Crippen molar-refractivity contribution in [1.82, 2.24) is 9.97 Å². The Kier molecular flexibility index (Phi) is 2.07. The summed E-state index contributed by atoms with van der Waals surface area (Å²) in [5.74, 6) is -0.281. The van der Waals surface area contributed by atoms with Crippen LogP contribution in [-0.2, 0) is 0 Å². The van der Waals surface area contributed by atoms with Crippen LogP contribution in [-0.4, -0.2) is 9.97 Å². The van der Waals surface area contributed by atoms with E-state index < -0.39 is 5.82 Å². The Morgan fingerprint density at radius 2 is 2.08 bits per heavy atom. The van der Waals surface area contributed by atoms with Crippen LogP contribution in [0.15, 0.2) is 0 Å². The lowest BCUT2D eigenvalue weighted by molar-refractivity contribution is 0.393. The molecule has 0 amide bonds. The van der Waals surface area contributed by atoms with Gasteiger partial charge in [-0.3, -0.25) is 0 Å². The molecule has 1 fully saturated rings. The molecule has 13 heavy (non-hydrogen) atoms. The molecule has 1 aliphatic rings. The van der Waals surface area contributed by atoms with Crippen LogP contribution in [0.3, 0.4) is 0 Å². The van der Waals surface area contributed by atoms with Crippen LogP contribution < -0.4 is 5.73 Å². The third-order valence-corrected chi connectivity index (χ3v) is 2.60. The van der Waals surface area contributed by atoms with Gasteiger partial charge in [-0.25, -0.2) is 9.37 Å². The first-order valence-corrected chi connectivity index (χ1v) is 4.54. The minimum atomic E-state index is -0.513. The van der Waals surface area contributed by atoms with Crippen molar-refractivity contribution >= 4 is 17.5 Å². The molecule has 1 saturated carbocycles. The number of anilines is 1. The standard InChI is InChI=1S/C8H9ClFN3/c9-7-5(10)6(4-2-1-3-4)12-8(11)13-7/h4H,1-3H2,(H2,11,12,13). The number of nitrogens with two attached hydrogens (primary N) is 1. The summed E-state index contributed by atoms with van der Waals surface area (Å²) in [5, 5.41) is -0.172. The maximum Gasteiger partial charge on any atom is 0.221 e. The molecule has 1 aliphatic carbocycles. The molecule has 0 radical (unpaired) electrons. The average Bonchev–Trinajstić information content (AvgIpc) is 1.95. The fourth-order valence-electron chi connectivity index (χ4n) is 1.41. The van der Waals surface area contributed by atoms with E-state index in [-0.39, 0.29) is 17.0 Å². The normalized spacial score (nSPS) is 17.1. The van der Waals surface area contributed by atoms with E-state index in [9.17, 15) is 4.39 Å². The number of hydrogen-bond donors (Lipinski definition) is 1. The van der Waals surface area contributed by atoms with E-state index in [1.807, 2.05) is 0 Å². The number of nitrogens with zero attached hydrogens (tertiary/aromatic N) is 2. The molecular weight excluding hydrogens is 193 g/mol. The van der Waals surface area contributed by atoms with Crippen molar-refractivity contribution in [2.24, 2.45) is 0 Å². The first-order chi connectivity index (χ1) is 6.18. The molecule has 0 atom stereocenters. The molecule has 2 N–H and O–H groups in total. The van der Waals surface area contributed by atoms with Crippen molar-refractivity contribution in [3.63, 3.8) is 0 Å². The molecule has 0 unspecified atom stereocenters. The summed E-state index contributed by atoms with van der Waals surface area (Å²) in [6.45, 7) is 0. The third-order valence-electron chi connectivity index (χ3n) is 2.35. The monoisotopic (exact) mass is 201 g/mol. The van der Waals surface area contributed by atoms with Gasteiger partial charge in [-0.05, 0) is 12.8 Å². The van der Waals surface area contributed by atoms with Crippen molar-refractivity contribution in [2.75, 3.05) is 5.73 Å². The fraction of sp³-hybridized carbons (Fsp3) is 0.500. The number of halogens is 2. The van der Waals surface area contributed by atoms with Crippen molar-refractivity contribution in [3.8, 4) is 0 Å². The van der Waals surface area contributed by atoms with Crippen LogP contribution in [0.5, 0.6) is 0 Å². The van der Waals surface area contributed by atoms with Crippen molar-refractivity contribution in [2.45, 2.75) is 25.2 Å². The molecule has 1 aromatic rings. The van der Waals surface area contributed by atoms with Gasteiger partial charge in [-0.1, -0.05) is 18.0 Å². The molecule has 0 aliphatic heterocycles. The first-order valence-electron chi connectivity index (χ1n) is 4.17. The van der Waals surface area contributed by atoms with Gasteiger partial charge in [0.25, 0.3) is 0 Å². The second-order valence-corrected chi connectivity index (χ2v) is 3.56. The van der Waals surface area contributed by atoms with Gasteiger partial charge in [0.2, 0.25) is 5.95 Å². The zero-order chi connectivity index (χ0) is 9.42. The average molecular weight is 202 g/mol. The van der Waals surface area contributed by atoms with E-state index in [1.54, 1.807) is 0 Å². The van der Waals surface area contributed by atoms with E-state index in [2.05, 4.69) is 9.97 Å². The molecule has 0 aromatic carbocycles. The highest BCUT2D eigenvalue weighted by Crippen LogP contribution is 2.37. The topological polar surface area (TPSA) is 51.8 Å². The molecule has 0 spiro atoms. The highest BCUT2D eigenvalue weighted by atomic mass is 35.5. The Labute approximate surface area is 80.1 Å². The Balaban J connectivity index is 2.42. The zero-order valence-corrected chi connectivity index (χ0v) is 7.68. The van der Waals surface area contributed by atoms with E-state index in [0.717, 1.165) is 19.3 Å². The van der Waals surface area contributed by atoms with Gasteiger partial charge in [0.15, 0.2) is 11.0 Å². The van der Waals surface area contributed by atoms with Crippen LogP contribution >= 0.6 is 11.6 Å². The predicted octanol–water partition coefficient (Wildman–Crippen LogP) is 2.12. The minimum absolute atomic E-state index is 0.0494. The van der Waals surface area contributed by atoms with Crippen molar-refractivity contribution in [3.05, 3.63) is 16.7 Å². The summed E-state index contributed by atoms with van der Waals surface area (Å²) in [7, 11) is 0. The lowest BCUT2D eigenvalue weighted by Gasteiger charge is -2.25. The highest BCUT2D eigenvalue weighted by Gasteiger charge is 2.26. The number of rotatable bonds is 1. The Morgan fingerprint density at radius 1 is 1.38 bits per heavy atom. The number of nitrogen functional groups attached to an aromatic ring is 1. The molecule has 0 bridgehead atoms. The fourth-order valence-corrected chi connectivity index (χ4v) is 1.59. The molecule has 3 nitrogen and oxygen atoms in total. The predicted molar refractivity (Wildman–Crippen MR) is 48.0 cm³/mol. The van der Waals surface area contributed by atoms with Crippen LogP contribution in [0.1, 0.15) is 30.9 Å². The van der Waals surface area contributed by atoms with Gasteiger partial charge >= 0.3 is 0 Å². The minimum Gasteiger partial charge on any atom is -0.368 e. The van der Waals surface area contributed by atoms with Crippen molar-refractivity contribution in [1.29, 1.82) is 0 Å². The first kappa shape index (κ1) is 8.69. The summed E-state index contributed by atoms with van der Waals surface area (Å²) in [6.07, 6.45) is 3.04. The van der Waals surface area contributed by atoms with Gasteiger partial charge in [0, 0.05) is 5.92 Å². The maximum atomic E-state index is 13.3. The van der Waals surface area contributed by atoms with Gasteiger partial charge in [-0.2, -0.15) is 4.98 Å². The number of hydrogen-bond acceptors (Lipinski definition) is 3. The SMILES string of the molecule is Nc1nc(Cl)c(F)c(C2CCC2)n1. The van der Waals surface area contributed by atoms with E-state index >= 15 is 0 Å². The molecule has 0 saturated heterocycles. The third kappa shape index (κ3) is 1.46. The molecule has 5 heteroatoms. The second kappa shape index (κ2) is 3.10. The molecule has 70 valence electrons. The van der Waals surface area contributed by atoms with Gasteiger partial charge in [0.1, 0.15) is 0 Å². The quantitative estimate of drug-likeness (QED) is 0.709. The van der Waals surface area contributed by atoms with E-state index in [1.165, 1.54) is 0 Å². The lowest BCUT2D eigenvalue weighted by Crippen LogP contribution is -2.14. The Morgan fingerprint density at radius 3 is 2.62 bits per heavy atom. The summed E-state index contributed by atoms with van der Waals surface area (Å²) in [5.41, 5.74) is 5.75. The van der Waals surface area contributed by atoms with E-state index in [0.29, 0.717) is 5.69 Å². The maximum absolute atomic E-state index is 13.3. The summed E-state index contributed by atoms with van der Waals surface area (Å²) in [6, 6.07) is 0. The molecular formula is C8H9ClFN3. The van der Waals surface area contributed by atoms with Gasteiger partial charge in [-0.15, -0.1) is 0 Å². The zero-order valence-electron chi connectivity index (χ0n) is 6.93. The molecule has 2 rings (SSSR count). The number of aromatic nitrogens is 2. The van der Waals surface area contributed by atoms with Crippen molar-refractivity contribution < 1.29 is 4.39 Å². The summed E-state index contributed by atoms with van der Waals surface area (Å²) in [4.78, 5) is 7.39. The van der Waals surface area contributed by atoms with Crippen LogP contribution in [0.25, 0.3) is 0 Å². The highest BCUT2D eigenvalue weighted by molar-refractivity contribution is 6.29. The largest absolute Gasteiger partial charge is 0.368 e. The smallest absolute Gasteiger partial charge is 0.221 e. The second-order valence-electron chi connectivity index (χ2n) is 3.20. The van der Waals surface area contributed by atoms with Crippen LogP contribution in [0, 0.1) is 5.82 Å². The van der Waals surface area contributed by atoms with Gasteiger partial charge < -0.3 is 5.73 Å². The summed E-state index contributed by atoms with van der Waals surface area (Å²) < 4.78 is 13.3. The molecule has 1 aromatic heterocycles.